The van der Waals surface area contributed by atoms with Crippen molar-refractivity contribution < 1.29 is 0 Å². The zero-order valence-electron chi connectivity index (χ0n) is 8.52. The van der Waals surface area contributed by atoms with Gasteiger partial charge in [-0.1, -0.05) is 43.6 Å². The highest BCUT2D eigenvalue weighted by molar-refractivity contribution is 9.09. The van der Waals surface area contributed by atoms with E-state index in [0.717, 1.165) is 17.8 Å². The Labute approximate surface area is 84.2 Å². The van der Waals surface area contributed by atoms with Gasteiger partial charge in [0.1, 0.15) is 0 Å². The van der Waals surface area contributed by atoms with Gasteiger partial charge >= 0.3 is 0 Å². The van der Waals surface area contributed by atoms with E-state index in [0.29, 0.717) is 10.8 Å². The summed E-state index contributed by atoms with van der Waals surface area (Å²) in [5, 5.41) is 1.19. The summed E-state index contributed by atoms with van der Waals surface area (Å²) >= 11 is 3.64. The van der Waals surface area contributed by atoms with Crippen LogP contribution in [0.3, 0.4) is 0 Å². The normalized spacial score (nSPS) is 55.2. The Morgan fingerprint density at radius 3 is 2.08 bits per heavy atom. The van der Waals surface area contributed by atoms with Crippen molar-refractivity contribution in [1.82, 2.24) is 0 Å². The van der Waals surface area contributed by atoms with Crippen molar-refractivity contribution in [2.45, 2.75) is 34.1 Å². The number of hydrogen-bond donors (Lipinski definition) is 0. The number of halogens is 1. The van der Waals surface area contributed by atoms with E-state index in [2.05, 4.69) is 43.6 Å². The van der Waals surface area contributed by atoms with Gasteiger partial charge in [-0.15, -0.1) is 0 Å². The van der Waals surface area contributed by atoms with Crippen LogP contribution in [0.2, 0.25) is 0 Å². The minimum atomic E-state index is 0.589. The third-order valence-corrected chi connectivity index (χ3v) is 5.58. The molecule has 1 heteroatoms. The molecule has 2 aliphatic carbocycles. The van der Waals surface area contributed by atoms with Crippen LogP contribution in [0.4, 0.5) is 0 Å². The number of hydrogen-bond acceptors (Lipinski definition) is 0. The zero-order chi connectivity index (χ0) is 9.15. The predicted octanol–water partition coefficient (Wildman–Crippen LogP) is 3.70. The van der Waals surface area contributed by atoms with E-state index in [1.54, 1.807) is 0 Å². The van der Waals surface area contributed by atoms with Gasteiger partial charge in [-0.05, 0) is 35.0 Å². The molecule has 0 bridgehead atoms. The summed E-state index contributed by atoms with van der Waals surface area (Å²) in [7, 11) is 0. The molecule has 4 unspecified atom stereocenters. The SMILES string of the molecule is CC1CC1C1(C)C(CBr)C1(C)C. The monoisotopic (exact) mass is 230 g/mol. The Bertz CT molecular complexity index is 209. The first-order valence-electron chi connectivity index (χ1n) is 5.02. The summed E-state index contributed by atoms with van der Waals surface area (Å²) in [4.78, 5) is 0. The highest BCUT2D eigenvalue weighted by atomic mass is 79.9. The summed E-state index contributed by atoms with van der Waals surface area (Å²) in [6, 6.07) is 0. The van der Waals surface area contributed by atoms with Crippen LogP contribution in [0.5, 0.6) is 0 Å². The van der Waals surface area contributed by atoms with Crippen LogP contribution in [0.25, 0.3) is 0 Å². The van der Waals surface area contributed by atoms with Crippen molar-refractivity contribution in [1.29, 1.82) is 0 Å². The molecule has 0 aromatic heterocycles. The molecular weight excluding hydrogens is 212 g/mol. The van der Waals surface area contributed by atoms with Crippen LogP contribution < -0.4 is 0 Å². The lowest BCUT2D eigenvalue weighted by Gasteiger charge is -2.13. The molecule has 2 saturated carbocycles. The molecule has 0 radical (unpaired) electrons. The van der Waals surface area contributed by atoms with Crippen molar-refractivity contribution in [3.63, 3.8) is 0 Å². The fraction of sp³-hybridized carbons (Fsp3) is 1.00. The lowest BCUT2D eigenvalue weighted by atomic mass is 9.92. The number of alkyl halides is 1. The Morgan fingerprint density at radius 2 is 1.83 bits per heavy atom. The first kappa shape index (κ1) is 9.05. The van der Waals surface area contributed by atoms with Crippen LogP contribution in [0.15, 0.2) is 0 Å². The van der Waals surface area contributed by atoms with Crippen LogP contribution >= 0.6 is 15.9 Å². The van der Waals surface area contributed by atoms with Gasteiger partial charge in [0.25, 0.3) is 0 Å². The largest absolute Gasteiger partial charge is 0.0925 e. The third-order valence-electron chi connectivity index (χ3n) is 4.93. The van der Waals surface area contributed by atoms with Crippen molar-refractivity contribution in [3.05, 3.63) is 0 Å². The molecule has 70 valence electrons. The second kappa shape index (κ2) is 2.29. The van der Waals surface area contributed by atoms with Crippen molar-refractivity contribution >= 4 is 15.9 Å². The van der Waals surface area contributed by atoms with Gasteiger partial charge in [0.15, 0.2) is 0 Å². The lowest BCUT2D eigenvalue weighted by molar-refractivity contribution is 0.351. The maximum atomic E-state index is 3.64. The van der Waals surface area contributed by atoms with Crippen LogP contribution in [0.1, 0.15) is 34.1 Å². The van der Waals surface area contributed by atoms with Gasteiger partial charge in [-0.2, -0.15) is 0 Å². The standard InChI is InChI=1S/C11H19Br/c1-7-5-8(7)11(4)9(6-12)10(11,2)3/h7-9H,5-6H2,1-4H3. The molecule has 0 saturated heterocycles. The van der Waals surface area contributed by atoms with Gasteiger partial charge in [0.2, 0.25) is 0 Å². The molecule has 12 heavy (non-hydrogen) atoms. The molecule has 0 heterocycles. The predicted molar refractivity (Wildman–Crippen MR) is 56.4 cm³/mol. The molecule has 2 rings (SSSR count). The Balaban J connectivity index is 2.14. The fourth-order valence-electron chi connectivity index (χ4n) is 3.38. The smallest absolute Gasteiger partial charge is 0.00704 e. The topological polar surface area (TPSA) is 0 Å². The highest BCUT2D eigenvalue weighted by Crippen LogP contribution is 2.78. The van der Waals surface area contributed by atoms with Crippen LogP contribution in [0, 0.1) is 28.6 Å². The van der Waals surface area contributed by atoms with Crippen molar-refractivity contribution in [2.24, 2.45) is 28.6 Å². The van der Waals surface area contributed by atoms with E-state index >= 15 is 0 Å². The Kier molecular flexibility index (Phi) is 1.73. The van der Waals surface area contributed by atoms with Gasteiger partial charge in [-0.25, -0.2) is 0 Å². The van der Waals surface area contributed by atoms with Gasteiger partial charge in [-0.3, -0.25) is 0 Å². The van der Waals surface area contributed by atoms with Gasteiger partial charge in [0.05, 0.1) is 0 Å². The molecule has 0 nitrogen and oxygen atoms in total. The van der Waals surface area contributed by atoms with Crippen molar-refractivity contribution in [2.75, 3.05) is 5.33 Å². The van der Waals surface area contributed by atoms with E-state index in [-0.39, 0.29) is 0 Å². The molecule has 0 spiro atoms. The minimum Gasteiger partial charge on any atom is -0.0925 e. The molecule has 0 N–H and O–H groups in total. The fourth-order valence-corrected chi connectivity index (χ4v) is 4.87. The summed E-state index contributed by atoms with van der Waals surface area (Å²) in [5.74, 6) is 2.94. The summed E-state index contributed by atoms with van der Waals surface area (Å²) < 4.78 is 0. The molecule has 4 atom stereocenters. The van der Waals surface area contributed by atoms with Gasteiger partial charge < -0.3 is 0 Å². The maximum Gasteiger partial charge on any atom is 0.00704 e. The molecular formula is C11H19Br. The minimum absolute atomic E-state index is 0.589. The molecule has 2 fully saturated rings. The van der Waals surface area contributed by atoms with E-state index in [9.17, 15) is 0 Å². The molecule has 0 aromatic rings. The molecule has 2 aliphatic rings. The quantitative estimate of drug-likeness (QED) is 0.635. The summed E-state index contributed by atoms with van der Waals surface area (Å²) in [6.07, 6.45) is 1.48. The Hall–Kier alpha value is 0.480. The lowest BCUT2D eigenvalue weighted by Crippen LogP contribution is -2.07. The van der Waals surface area contributed by atoms with Crippen molar-refractivity contribution in [3.8, 4) is 0 Å². The first-order valence-corrected chi connectivity index (χ1v) is 6.14. The Morgan fingerprint density at radius 1 is 1.33 bits per heavy atom. The molecule has 0 amide bonds. The van der Waals surface area contributed by atoms with E-state index in [1.807, 2.05) is 0 Å². The average Bonchev–Trinajstić information content (AvgIpc) is 2.76. The summed E-state index contributed by atoms with van der Waals surface area (Å²) in [6.45, 7) is 9.76. The third kappa shape index (κ3) is 0.840. The average molecular weight is 231 g/mol. The second-order valence-electron chi connectivity index (χ2n) is 5.53. The maximum absolute atomic E-state index is 3.64. The van der Waals surface area contributed by atoms with E-state index < -0.39 is 0 Å². The number of rotatable bonds is 2. The second-order valence-corrected chi connectivity index (χ2v) is 6.18. The van der Waals surface area contributed by atoms with E-state index in [4.69, 9.17) is 0 Å². The van der Waals surface area contributed by atoms with Crippen LogP contribution in [-0.2, 0) is 0 Å². The van der Waals surface area contributed by atoms with Gasteiger partial charge in [0, 0.05) is 5.33 Å². The molecule has 0 aliphatic heterocycles. The van der Waals surface area contributed by atoms with E-state index in [1.165, 1.54) is 11.8 Å². The molecule has 0 aromatic carbocycles. The zero-order valence-corrected chi connectivity index (χ0v) is 10.1. The highest BCUT2D eigenvalue weighted by Gasteiger charge is 2.73. The summed E-state index contributed by atoms with van der Waals surface area (Å²) in [5.41, 5.74) is 1.24. The van der Waals surface area contributed by atoms with Crippen LogP contribution in [-0.4, -0.2) is 5.33 Å². The first-order chi connectivity index (χ1) is 5.46.